The van der Waals surface area contributed by atoms with Gasteiger partial charge in [0.1, 0.15) is 13.2 Å². The van der Waals surface area contributed by atoms with Gasteiger partial charge in [-0.05, 0) is 13.3 Å². The number of phosphoric acid groups is 1. The van der Waals surface area contributed by atoms with Crippen LogP contribution < -0.4 is 4.89 Å². The first-order valence-corrected chi connectivity index (χ1v) is 15.9. The first-order valence-electron chi connectivity index (χ1n) is 14.4. The summed E-state index contributed by atoms with van der Waals surface area (Å²) < 4.78 is 37.9. The van der Waals surface area contributed by atoms with Gasteiger partial charge in [-0.1, -0.05) is 90.4 Å². The second kappa shape index (κ2) is 23.2. The van der Waals surface area contributed by atoms with Crippen molar-refractivity contribution in [1.82, 2.24) is 0 Å². The van der Waals surface area contributed by atoms with E-state index in [1.54, 1.807) is 6.92 Å². The van der Waals surface area contributed by atoms with Crippen LogP contribution in [0.3, 0.4) is 0 Å². The molecule has 0 fully saturated rings. The Labute approximate surface area is 226 Å². The van der Waals surface area contributed by atoms with Crippen molar-refractivity contribution < 1.29 is 42.0 Å². The van der Waals surface area contributed by atoms with E-state index in [0.29, 0.717) is 17.6 Å². The van der Waals surface area contributed by atoms with Gasteiger partial charge in [0.2, 0.25) is 0 Å². The quantitative estimate of drug-likeness (QED) is 0.0537. The summed E-state index contributed by atoms with van der Waals surface area (Å²) in [6, 6.07) is 0. The van der Waals surface area contributed by atoms with E-state index in [-0.39, 0.29) is 26.4 Å². The number of phosphoric ester groups is 1. The molecule has 0 aromatic rings. The molecule has 0 radical (unpaired) electrons. The molecule has 0 saturated carbocycles. The Kier molecular flexibility index (Phi) is 22.8. The molecule has 0 aliphatic heterocycles. The fraction of sp³-hybridized carbons (Fsp3) is 0.963. The number of hydrogen-bond donors (Lipinski definition) is 0. The summed E-state index contributed by atoms with van der Waals surface area (Å²) in [4.78, 5) is 23.7. The van der Waals surface area contributed by atoms with Crippen molar-refractivity contribution in [3.8, 4) is 0 Å². The molecule has 10 heteroatoms. The van der Waals surface area contributed by atoms with Crippen LogP contribution in [-0.2, 0) is 27.8 Å². The summed E-state index contributed by atoms with van der Waals surface area (Å²) in [7, 11) is 1.27. The molecule has 0 aromatic heterocycles. The Morgan fingerprint density at radius 1 is 0.757 bits per heavy atom. The number of carbonyl (C=O) groups is 1. The van der Waals surface area contributed by atoms with Crippen LogP contribution in [0.25, 0.3) is 0 Å². The number of ether oxygens (including phenoxy) is 3. The molecule has 0 spiro atoms. The monoisotopic (exact) mass is 553 g/mol. The highest BCUT2D eigenvalue weighted by Gasteiger charge is 2.20. The van der Waals surface area contributed by atoms with E-state index in [4.69, 9.17) is 23.3 Å². The Morgan fingerprint density at radius 3 is 1.76 bits per heavy atom. The van der Waals surface area contributed by atoms with Crippen molar-refractivity contribution in [3.05, 3.63) is 0 Å². The van der Waals surface area contributed by atoms with Crippen LogP contribution in [0.2, 0.25) is 0 Å². The van der Waals surface area contributed by atoms with Crippen LogP contribution in [0.5, 0.6) is 0 Å². The minimum Gasteiger partial charge on any atom is -0.756 e. The average Bonchev–Trinajstić information content (AvgIpc) is 2.81. The second-order valence-electron chi connectivity index (χ2n) is 10.7. The molecular weight excluding hydrogens is 497 g/mol. The zero-order valence-electron chi connectivity index (χ0n) is 24.4. The number of unbranched alkanes of at least 4 members (excludes halogenated alkanes) is 13. The summed E-state index contributed by atoms with van der Waals surface area (Å²) in [5, 5.41) is 0. The standard InChI is InChI=1S/C27H56NO8P/c1-6-8-9-10-11-12-13-14-15-16-17-18-19-20-22-32-24-26(36-27(29)33-7-2)25-35-37(30,31)34-23-21-28(3,4)5/h26H,6-25H2,1-5H3. The van der Waals surface area contributed by atoms with Crippen LogP contribution in [0, 0.1) is 0 Å². The predicted molar refractivity (Wildman–Crippen MR) is 145 cm³/mol. The maximum Gasteiger partial charge on any atom is 0.508 e. The lowest BCUT2D eigenvalue weighted by atomic mass is 10.0. The lowest BCUT2D eigenvalue weighted by Crippen LogP contribution is -2.37. The van der Waals surface area contributed by atoms with E-state index in [9.17, 15) is 14.3 Å². The van der Waals surface area contributed by atoms with E-state index in [0.717, 1.165) is 12.8 Å². The van der Waals surface area contributed by atoms with Crippen LogP contribution in [-0.4, -0.2) is 77.5 Å². The topological polar surface area (TPSA) is 103 Å². The number of hydrogen-bond acceptors (Lipinski definition) is 8. The molecule has 0 rings (SSSR count). The van der Waals surface area contributed by atoms with Crippen molar-refractivity contribution in [2.24, 2.45) is 0 Å². The number of rotatable bonds is 26. The highest BCUT2D eigenvalue weighted by Crippen LogP contribution is 2.38. The van der Waals surface area contributed by atoms with Gasteiger partial charge in [-0.15, -0.1) is 0 Å². The van der Waals surface area contributed by atoms with Crippen LogP contribution in [0.15, 0.2) is 0 Å². The van der Waals surface area contributed by atoms with E-state index >= 15 is 0 Å². The molecule has 0 aliphatic carbocycles. The fourth-order valence-corrected chi connectivity index (χ4v) is 4.38. The molecule has 2 unspecified atom stereocenters. The molecule has 37 heavy (non-hydrogen) atoms. The molecule has 222 valence electrons. The van der Waals surface area contributed by atoms with E-state index in [1.165, 1.54) is 77.0 Å². The summed E-state index contributed by atoms with van der Waals surface area (Å²) in [5.74, 6) is 0. The Balaban J connectivity index is 3.96. The van der Waals surface area contributed by atoms with Crippen LogP contribution in [0.4, 0.5) is 4.79 Å². The van der Waals surface area contributed by atoms with Crippen molar-refractivity contribution in [2.75, 3.05) is 60.7 Å². The van der Waals surface area contributed by atoms with Gasteiger partial charge in [0, 0.05) is 6.61 Å². The summed E-state index contributed by atoms with van der Waals surface area (Å²) >= 11 is 0. The van der Waals surface area contributed by atoms with E-state index < -0.39 is 20.1 Å². The zero-order chi connectivity index (χ0) is 27.8. The lowest BCUT2D eigenvalue weighted by molar-refractivity contribution is -0.870. The molecule has 0 aliphatic rings. The average molecular weight is 554 g/mol. The zero-order valence-corrected chi connectivity index (χ0v) is 25.3. The molecule has 0 bridgehead atoms. The molecule has 2 atom stereocenters. The van der Waals surface area contributed by atoms with Crippen LogP contribution in [0.1, 0.15) is 104 Å². The highest BCUT2D eigenvalue weighted by atomic mass is 31.2. The smallest absolute Gasteiger partial charge is 0.508 e. The molecule has 0 N–H and O–H groups in total. The van der Waals surface area contributed by atoms with Gasteiger partial charge in [-0.3, -0.25) is 4.57 Å². The van der Waals surface area contributed by atoms with Crippen molar-refractivity contribution in [2.45, 2.75) is 110 Å². The molecular formula is C27H56NO8P. The maximum atomic E-state index is 12.0. The van der Waals surface area contributed by atoms with Gasteiger partial charge < -0.3 is 32.6 Å². The first kappa shape index (κ1) is 36.3. The lowest BCUT2D eigenvalue weighted by Gasteiger charge is -2.28. The summed E-state index contributed by atoms with van der Waals surface area (Å²) in [6.45, 7) is 4.72. The van der Waals surface area contributed by atoms with Gasteiger partial charge >= 0.3 is 6.16 Å². The maximum absolute atomic E-state index is 12.0. The minimum atomic E-state index is -4.52. The van der Waals surface area contributed by atoms with E-state index in [1.807, 2.05) is 21.1 Å². The largest absolute Gasteiger partial charge is 0.756 e. The highest BCUT2D eigenvalue weighted by molar-refractivity contribution is 7.45. The Hall–Kier alpha value is -0.700. The van der Waals surface area contributed by atoms with Crippen molar-refractivity contribution in [1.29, 1.82) is 0 Å². The molecule has 0 saturated heterocycles. The van der Waals surface area contributed by atoms with Crippen molar-refractivity contribution in [3.63, 3.8) is 0 Å². The molecule has 0 amide bonds. The third kappa shape index (κ3) is 26.7. The van der Waals surface area contributed by atoms with Gasteiger partial charge in [0.25, 0.3) is 7.82 Å². The SMILES string of the molecule is CCCCCCCCCCCCCCCCOCC(COP(=O)([O-])OCC[N+](C)(C)C)OC(=O)OCC. The second-order valence-corrected chi connectivity index (χ2v) is 12.1. The molecule has 0 aromatic carbocycles. The summed E-state index contributed by atoms with van der Waals surface area (Å²) in [5.41, 5.74) is 0. The normalized spacial score (nSPS) is 14.3. The van der Waals surface area contributed by atoms with Gasteiger partial charge in [-0.2, -0.15) is 0 Å². The Bertz CT molecular complexity index is 585. The third-order valence-corrected chi connectivity index (χ3v) is 6.87. The Morgan fingerprint density at radius 2 is 1.27 bits per heavy atom. The predicted octanol–water partition coefficient (Wildman–Crippen LogP) is 6.23. The summed E-state index contributed by atoms with van der Waals surface area (Å²) in [6.07, 6.45) is 16.2. The minimum absolute atomic E-state index is 0.00328. The number of likely N-dealkylation sites (N-methyl/N-ethyl adjacent to an activating group) is 1. The fourth-order valence-electron chi connectivity index (χ4n) is 3.66. The molecule has 9 nitrogen and oxygen atoms in total. The third-order valence-electron chi connectivity index (χ3n) is 5.90. The first-order chi connectivity index (χ1) is 17.6. The number of quaternary nitrogens is 1. The van der Waals surface area contributed by atoms with E-state index in [2.05, 4.69) is 6.92 Å². The van der Waals surface area contributed by atoms with Crippen molar-refractivity contribution >= 4 is 14.0 Å². The van der Waals surface area contributed by atoms with Gasteiger partial charge in [0.05, 0.1) is 41.0 Å². The number of carbonyl (C=O) groups excluding carboxylic acids is 1. The van der Waals surface area contributed by atoms with Crippen LogP contribution >= 0.6 is 7.82 Å². The number of nitrogens with zero attached hydrogens (tertiary/aromatic N) is 1. The van der Waals surface area contributed by atoms with Gasteiger partial charge in [0.15, 0.2) is 6.10 Å². The molecule has 0 heterocycles. The van der Waals surface area contributed by atoms with Gasteiger partial charge in [-0.25, -0.2) is 4.79 Å².